The molecule has 0 spiro atoms. The number of amides is 2. The molecule has 1 saturated carbocycles. The van der Waals surface area contributed by atoms with Crippen LogP contribution in [0.5, 0.6) is 0 Å². The molecule has 0 radical (unpaired) electrons. The van der Waals surface area contributed by atoms with Gasteiger partial charge in [0.1, 0.15) is 5.41 Å². The molecule has 2 amide bonds. The first-order chi connectivity index (χ1) is 7.41. The Bertz CT molecular complexity index is 338. The summed E-state index contributed by atoms with van der Waals surface area (Å²) in [4.78, 5) is 24.4. The highest BCUT2D eigenvalue weighted by Gasteiger charge is 2.48. The SMILES string of the molecule is CC1CC(C#N)(C(=O)NCC(=O)N(C)C)C1. The Hall–Kier alpha value is -1.57. The summed E-state index contributed by atoms with van der Waals surface area (Å²) in [6.45, 7) is 1.97. The van der Waals surface area contributed by atoms with Crippen molar-refractivity contribution in [1.82, 2.24) is 10.2 Å². The molecule has 0 saturated heterocycles. The lowest BCUT2D eigenvalue weighted by Crippen LogP contribution is -2.50. The van der Waals surface area contributed by atoms with Crippen LogP contribution in [-0.4, -0.2) is 37.4 Å². The minimum absolute atomic E-state index is 0.0381. The zero-order chi connectivity index (χ0) is 12.3. The van der Waals surface area contributed by atoms with E-state index in [1.165, 1.54) is 4.90 Å². The standard InChI is InChI=1S/C11H17N3O2/c1-8-4-11(5-8,7-12)10(16)13-6-9(15)14(2)3/h8H,4-6H2,1-3H3,(H,13,16). The molecule has 0 aromatic rings. The van der Waals surface area contributed by atoms with E-state index in [1.807, 2.05) is 6.92 Å². The molecule has 1 rings (SSSR count). The number of likely N-dealkylation sites (N-methyl/N-ethyl adjacent to an activating group) is 1. The fourth-order valence-corrected chi connectivity index (χ4v) is 1.94. The second-order valence-electron chi connectivity index (χ2n) is 4.68. The van der Waals surface area contributed by atoms with Crippen LogP contribution in [-0.2, 0) is 9.59 Å². The molecule has 88 valence electrons. The van der Waals surface area contributed by atoms with E-state index in [2.05, 4.69) is 11.4 Å². The number of nitriles is 1. The van der Waals surface area contributed by atoms with Gasteiger partial charge in [0.25, 0.3) is 0 Å². The molecule has 0 aromatic heterocycles. The van der Waals surface area contributed by atoms with Gasteiger partial charge in [-0.2, -0.15) is 5.26 Å². The first-order valence-electron chi connectivity index (χ1n) is 5.31. The smallest absolute Gasteiger partial charge is 0.241 e. The Balaban J connectivity index is 2.47. The lowest BCUT2D eigenvalue weighted by Gasteiger charge is -2.39. The van der Waals surface area contributed by atoms with Crippen LogP contribution in [0.3, 0.4) is 0 Å². The highest BCUT2D eigenvalue weighted by molar-refractivity contribution is 5.90. The third-order valence-electron chi connectivity index (χ3n) is 2.94. The van der Waals surface area contributed by atoms with Crippen LogP contribution in [0.2, 0.25) is 0 Å². The van der Waals surface area contributed by atoms with Crippen molar-refractivity contribution in [1.29, 1.82) is 5.26 Å². The number of carbonyl (C=O) groups excluding carboxylic acids is 2. The summed E-state index contributed by atoms with van der Waals surface area (Å²) < 4.78 is 0. The van der Waals surface area contributed by atoms with Gasteiger partial charge in [0.15, 0.2) is 0 Å². The number of hydrogen-bond acceptors (Lipinski definition) is 3. The summed E-state index contributed by atoms with van der Waals surface area (Å²) in [6.07, 6.45) is 1.18. The largest absolute Gasteiger partial charge is 0.347 e. The molecule has 0 atom stereocenters. The van der Waals surface area contributed by atoms with Gasteiger partial charge in [0.05, 0.1) is 12.6 Å². The minimum atomic E-state index is -0.897. The van der Waals surface area contributed by atoms with E-state index >= 15 is 0 Å². The van der Waals surface area contributed by atoms with E-state index < -0.39 is 5.41 Å². The molecule has 1 N–H and O–H groups in total. The van der Waals surface area contributed by atoms with E-state index in [0.29, 0.717) is 18.8 Å². The molecule has 5 nitrogen and oxygen atoms in total. The molecular weight excluding hydrogens is 206 g/mol. The van der Waals surface area contributed by atoms with Gasteiger partial charge < -0.3 is 10.2 Å². The fraction of sp³-hybridized carbons (Fsp3) is 0.727. The van der Waals surface area contributed by atoms with Crippen molar-refractivity contribution >= 4 is 11.8 Å². The van der Waals surface area contributed by atoms with E-state index in [4.69, 9.17) is 5.26 Å². The van der Waals surface area contributed by atoms with E-state index in [0.717, 1.165) is 0 Å². The summed E-state index contributed by atoms with van der Waals surface area (Å²) >= 11 is 0. The normalized spacial score (nSPS) is 27.5. The van der Waals surface area contributed by atoms with Crippen molar-refractivity contribution in [3.63, 3.8) is 0 Å². The van der Waals surface area contributed by atoms with Gasteiger partial charge in [0.2, 0.25) is 11.8 Å². The fourth-order valence-electron chi connectivity index (χ4n) is 1.94. The van der Waals surface area contributed by atoms with Crippen LogP contribution < -0.4 is 5.32 Å². The number of rotatable bonds is 3. The predicted molar refractivity (Wildman–Crippen MR) is 58.1 cm³/mol. The molecule has 0 unspecified atom stereocenters. The van der Waals surface area contributed by atoms with Gasteiger partial charge in [0, 0.05) is 14.1 Å². The highest BCUT2D eigenvalue weighted by atomic mass is 16.2. The third-order valence-corrected chi connectivity index (χ3v) is 2.94. The number of nitrogens with zero attached hydrogens (tertiary/aromatic N) is 2. The number of nitrogens with one attached hydrogen (secondary N) is 1. The summed E-state index contributed by atoms with van der Waals surface area (Å²) in [7, 11) is 3.25. The summed E-state index contributed by atoms with van der Waals surface area (Å²) in [5.41, 5.74) is -0.897. The average Bonchev–Trinajstić information content (AvgIpc) is 2.20. The maximum absolute atomic E-state index is 11.7. The Morgan fingerprint density at radius 1 is 1.50 bits per heavy atom. The van der Waals surface area contributed by atoms with Crippen molar-refractivity contribution in [2.75, 3.05) is 20.6 Å². The van der Waals surface area contributed by atoms with Gasteiger partial charge in [-0.1, -0.05) is 6.92 Å². The quantitative estimate of drug-likeness (QED) is 0.739. The topological polar surface area (TPSA) is 73.2 Å². The zero-order valence-electron chi connectivity index (χ0n) is 9.91. The lowest BCUT2D eigenvalue weighted by molar-refractivity contribution is -0.137. The van der Waals surface area contributed by atoms with Crippen LogP contribution in [0.1, 0.15) is 19.8 Å². The maximum Gasteiger partial charge on any atom is 0.241 e. The summed E-state index contributed by atoms with van der Waals surface area (Å²) in [6, 6.07) is 2.06. The maximum atomic E-state index is 11.7. The van der Waals surface area contributed by atoms with Gasteiger partial charge in [-0.05, 0) is 18.8 Å². The van der Waals surface area contributed by atoms with Crippen molar-refractivity contribution in [3.8, 4) is 6.07 Å². The first-order valence-corrected chi connectivity index (χ1v) is 5.31. The summed E-state index contributed by atoms with van der Waals surface area (Å²) in [5, 5.41) is 11.5. The van der Waals surface area contributed by atoms with Gasteiger partial charge in [-0.3, -0.25) is 9.59 Å². The Kier molecular flexibility index (Phi) is 3.53. The van der Waals surface area contributed by atoms with Crippen LogP contribution in [0.4, 0.5) is 0 Å². The molecule has 0 bridgehead atoms. The Morgan fingerprint density at radius 2 is 2.06 bits per heavy atom. The van der Waals surface area contributed by atoms with Crippen molar-refractivity contribution in [2.45, 2.75) is 19.8 Å². The highest BCUT2D eigenvalue weighted by Crippen LogP contribution is 2.44. The molecule has 16 heavy (non-hydrogen) atoms. The minimum Gasteiger partial charge on any atom is -0.347 e. The third kappa shape index (κ3) is 2.32. The second kappa shape index (κ2) is 4.52. The van der Waals surface area contributed by atoms with Crippen LogP contribution in [0.25, 0.3) is 0 Å². The zero-order valence-corrected chi connectivity index (χ0v) is 9.91. The van der Waals surface area contributed by atoms with Gasteiger partial charge in [-0.15, -0.1) is 0 Å². The molecule has 1 aliphatic rings. The Labute approximate surface area is 95.4 Å². The van der Waals surface area contributed by atoms with E-state index in [1.54, 1.807) is 14.1 Å². The molecule has 0 aliphatic heterocycles. The summed E-state index contributed by atoms with van der Waals surface area (Å²) in [5.74, 6) is -0.0768. The lowest BCUT2D eigenvalue weighted by atomic mass is 9.63. The number of carbonyl (C=O) groups is 2. The Morgan fingerprint density at radius 3 is 2.44 bits per heavy atom. The van der Waals surface area contributed by atoms with Gasteiger partial charge >= 0.3 is 0 Å². The monoisotopic (exact) mass is 223 g/mol. The second-order valence-corrected chi connectivity index (χ2v) is 4.68. The molecule has 5 heteroatoms. The van der Waals surface area contributed by atoms with Crippen molar-refractivity contribution < 1.29 is 9.59 Å². The van der Waals surface area contributed by atoms with Crippen LogP contribution in [0, 0.1) is 22.7 Å². The first kappa shape index (κ1) is 12.5. The van der Waals surface area contributed by atoms with Crippen molar-refractivity contribution in [3.05, 3.63) is 0 Å². The molecular formula is C11H17N3O2. The molecule has 0 heterocycles. The van der Waals surface area contributed by atoms with Crippen LogP contribution >= 0.6 is 0 Å². The van der Waals surface area contributed by atoms with Crippen LogP contribution in [0.15, 0.2) is 0 Å². The van der Waals surface area contributed by atoms with Gasteiger partial charge in [-0.25, -0.2) is 0 Å². The van der Waals surface area contributed by atoms with E-state index in [9.17, 15) is 9.59 Å². The van der Waals surface area contributed by atoms with Crippen molar-refractivity contribution in [2.24, 2.45) is 11.3 Å². The molecule has 0 aromatic carbocycles. The number of hydrogen-bond donors (Lipinski definition) is 1. The molecule has 1 aliphatic carbocycles. The average molecular weight is 223 g/mol. The predicted octanol–water partition coefficient (Wildman–Crippen LogP) is 0.131. The molecule has 1 fully saturated rings. The van der Waals surface area contributed by atoms with E-state index in [-0.39, 0.29) is 18.4 Å².